The van der Waals surface area contributed by atoms with Crippen molar-refractivity contribution in [2.45, 2.75) is 19.5 Å². The predicted molar refractivity (Wildman–Crippen MR) is 68.4 cm³/mol. The second kappa shape index (κ2) is 4.99. The Kier molecular flexibility index (Phi) is 3.58. The van der Waals surface area contributed by atoms with Gasteiger partial charge in [0.15, 0.2) is 0 Å². The second-order valence-electron chi connectivity index (χ2n) is 4.12. The minimum absolute atomic E-state index is 0.107. The van der Waals surface area contributed by atoms with Gasteiger partial charge in [-0.15, -0.1) is 0 Å². The smallest absolute Gasteiger partial charge is 0.293 e. The standard InChI is InChI=1S/C10H14N4O3S/c1-6-2-9(16)13(3-8(15)12-11)10(17)14(6)7-4-18-5-7/h2,7H,3-5,11H2,1H3,(H,12,15). The minimum atomic E-state index is -0.576. The van der Waals surface area contributed by atoms with Crippen molar-refractivity contribution < 1.29 is 4.79 Å². The van der Waals surface area contributed by atoms with Crippen LogP contribution in [-0.2, 0) is 11.3 Å². The molecule has 1 aromatic rings. The van der Waals surface area contributed by atoms with E-state index in [4.69, 9.17) is 5.84 Å². The highest BCUT2D eigenvalue weighted by molar-refractivity contribution is 8.00. The van der Waals surface area contributed by atoms with E-state index in [2.05, 4.69) is 0 Å². The predicted octanol–water partition coefficient (Wildman–Crippen LogP) is -1.40. The number of carbonyl (C=O) groups excluding carboxylic acids is 1. The number of hydrogen-bond acceptors (Lipinski definition) is 5. The van der Waals surface area contributed by atoms with Crippen LogP contribution in [0.1, 0.15) is 11.7 Å². The second-order valence-corrected chi connectivity index (χ2v) is 5.20. The monoisotopic (exact) mass is 270 g/mol. The summed E-state index contributed by atoms with van der Waals surface area (Å²) in [5, 5.41) is 0. The van der Waals surface area contributed by atoms with Crippen LogP contribution in [0.15, 0.2) is 15.7 Å². The van der Waals surface area contributed by atoms with Crippen LogP contribution in [0.25, 0.3) is 0 Å². The van der Waals surface area contributed by atoms with Crippen molar-refractivity contribution in [2.75, 3.05) is 11.5 Å². The lowest BCUT2D eigenvalue weighted by Crippen LogP contribution is -2.47. The lowest BCUT2D eigenvalue weighted by atomic mass is 10.3. The molecule has 98 valence electrons. The molecule has 0 bridgehead atoms. The van der Waals surface area contributed by atoms with Gasteiger partial charge in [0.2, 0.25) is 0 Å². The van der Waals surface area contributed by atoms with E-state index in [9.17, 15) is 14.4 Å². The third-order valence-corrected chi connectivity index (χ3v) is 4.10. The van der Waals surface area contributed by atoms with Crippen LogP contribution in [0, 0.1) is 6.92 Å². The molecule has 8 heteroatoms. The molecule has 0 atom stereocenters. The van der Waals surface area contributed by atoms with E-state index in [-0.39, 0.29) is 12.6 Å². The van der Waals surface area contributed by atoms with Crippen molar-refractivity contribution in [3.63, 3.8) is 0 Å². The molecule has 0 saturated carbocycles. The quantitative estimate of drug-likeness (QED) is 0.400. The first-order valence-corrected chi connectivity index (χ1v) is 6.60. The Morgan fingerprint density at radius 1 is 1.56 bits per heavy atom. The first-order valence-electron chi connectivity index (χ1n) is 5.44. The summed E-state index contributed by atoms with van der Waals surface area (Å²) in [5.74, 6) is 6.08. The van der Waals surface area contributed by atoms with Gasteiger partial charge in [0, 0.05) is 23.3 Å². The number of nitrogens with zero attached hydrogens (tertiary/aromatic N) is 2. The highest BCUT2D eigenvalue weighted by Gasteiger charge is 2.24. The number of amides is 1. The fraction of sp³-hybridized carbons (Fsp3) is 0.500. The SMILES string of the molecule is Cc1cc(=O)n(CC(=O)NN)c(=O)n1C1CSC1. The van der Waals surface area contributed by atoms with E-state index in [0.717, 1.165) is 16.1 Å². The van der Waals surface area contributed by atoms with Crippen molar-refractivity contribution >= 4 is 17.7 Å². The van der Waals surface area contributed by atoms with Crippen LogP contribution < -0.4 is 22.5 Å². The number of hydrogen-bond donors (Lipinski definition) is 2. The van der Waals surface area contributed by atoms with Crippen LogP contribution in [-0.4, -0.2) is 26.5 Å². The lowest BCUT2D eigenvalue weighted by Gasteiger charge is -2.29. The molecule has 0 unspecified atom stereocenters. The molecule has 1 aromatic heterocycles. The molecule has 2 rings (SSSR count). The molecule has 0 aliphatic carbocycles. The molecule has 1 saturated heterocycles. The highest BCUT2D eigenvalue weighted by atomic mass is 32.2. The Balaban J connectivity index is 2.49. The Bertz CT molecular complexity index is 588. The van der Waals surface area contributed by atoms with Gasteiger partial charge in [-0.3, -0.25) is 24.1 Å². The molecule has 1 amide bonds. The Morgan fingerprint density at radius 2 is 2.22 bits per heavy atom. The normalized spacial score (nSPS) is 15.2. The Morgan fingerprint density at radius 3 is 2.72 bits per heavy atom. The van der Waals surface area contributed by atoms with Gasteiger partial charge in [-0.25, -0.2) is 10.6 Å². The lowest BCUT2D eigenvalue weighted by molar-refractivity contribution is -0.121. The van der Waals surface area contributed by atoms with E-state index < -0.39 is 17.2 Å². The number of rotatable bonds is 3. The van der Waals surface area contributed by atoms with Crippen LogP contribution in [0.3, 0.4) is 0 Å². The molecular formula is C10H14N4O3S. The van der Waals surface area contributed by atoms with Crippen LogP contribution >= 0.6 is 11.8 Å². The molecule has 1 fully saturated rings. The molecule has 0 spiro atoms. The fourth-order valence-electron chi connectivity index (χ4n) is 1.85. The van der Waals surface area contributed by atoms with Gasteiger partial charge < -0.3 is 0 Å². The van der Waals surface area contributed by atoms with Crippen molar-refractivity contribution in [2.24, 2.45) is 5.84 Å². The average molecular weight is 270 g/mol. The Hall–Kier alpha value is -1.54. The van der Waals surface area contributed by atoms with E-state index in [1.165, 1.54) is 6.07 Å². The molecule has 2 heterocycles. The maximum absolute atomic E-state index is 12.2. The largest absolute Gasteiger partial charge is 0.331 e. The first-order chi connectivity index (χ1) is 8.54. The van der Waals surface area contributed by atoms with Crippen LogP contribution in [0.5, 0.6) is 0 Å². The van der Waals surface area contributed by atoms with Gasteiger partial charge in [0.1, 0.15) is 6.54 Å². The topological polar surface area (TPSA) is 99.1 Å². The zero-order chi connectivity index (χ0) is 13.3. The van der Waals surface area contributed by atoms with Crippen molar-refractivity contribution in [1.82, 2.24) is 14.6 Å². The molecule has 1 aliphatic heterocycles. The molecule has 3 N–H and O–H groups in total. The number of thioether (sulfide) groups is 1. The summed E-state index contributed by atoms with van der Waals surface area (Å²) in [6.07, 6.45) is 0. The number of aromatic nitrogens is 2. The summed E-state index contributed by atoms with van der Waals surface area (Å²) in [7, 11) is 0. The summed E-state index contributed by atoms with van der Waals surface area (Å²) in [4.78, 5) is 35.1. The first kappa shape index (κ1) is 12.9. The summed E-state index contributed by atoms with van der Waals surface area (Å²) in [6.45, 7) is 1.37. The number of nitrogens with one attached hydrogen (secondary N) is 1. The van der Waals surface area contributed by atoms with E-state index in [1.807, 2.05) is 5.43 Å². The maximum Gasteiger partial charge on any atom is 0.331 e. The summed E-state index contributed by atoms with van der Waals surface area (Å²) < 4.78 is 2.47. The van der Waals surface area contributed by atoms with Gasteiger partial charge in [-0.2, -0.15) is 11.8 Å². The molecule has 18 heavy (non-hydrogen) atoms. The summed E-state index contributed by atoms with van der Waals surface area (Å²) in [5.41, 5.74) is 1.60. The molecule has 0 aromatic carbocycles. The maximum atomic E-state index is 12.2. The molecular weight excluding hydrogens is 256 g/mol. The van der Waals surface area contributed by atoms with E-state index in [1.54, 1.807) is 23.3 Å². The minimum Gasteiger partial charge on any atom is -0.293 e. The van der Waals surface area contributed by atoms with Gasteiger partial charge in [-0.05, 0) is 6.92 Å². The zero-order valence-corrected chi connectivity index (χ0v) is 10.7. The number of aryl methyl sites for hydroxylation is 1. The third kappa shape index (κ3) is 2.21. The summed E-state index contributed by atoms with van der Waals surface area (Å²) >= 11 is 1.74. The van der Waals surface area contributed by atoms with Crippen LogP contribution in [0.2, 0.25) is 0 Å². The molecule has 1 aliphatic rings. The van der Waals surface area contributed by atoms with Gasteiger partial charge in [0.25, 0.3) is 11.5 Å². The number of nitrogens with two attached hydrogens (primary N) is 1. The van der Waals surface area contributed by atoms with Crippen molar-refractivity contribution in [3.8, 4) is 0 Å². The van der Waals surface area contributed by atoms with Gasteiger partial charge >= 0.3 is 5.69 Å². The highest BCUT2D eigenvalue weighted by Crippen LogP contribution is 2.28. The van der Waals surface area contributed by atoms with Gasteiger partial charge in [0.05, 0.1) is 6.04 Å². The van der Waals surface area contributed by atoms with E-state index >= 15 is 0 Å². The number of carbonyl (C=O) groups is 1. The summed E-state index contributed by atoms with van der Waals surface area (Å²) in [6, 6.07) is 1.48. The number of hydrazine groups is 1. The third-order valence-electron chi connectivity index (χ3n) is 2.86. The fourth-order valence-corrected chi connectivity index (χ4v) is 2.60. The zero-order valence-electron chi connectivity index (χ0n) is 9.88. The Labute approximate surface area is 107 Å². The van der Waals surface area contributed by atoms with Crippen molar-refractivity contribution in [1.29, 1.82) is 0 Å². The molecule has 7 nitrogen and oxygen atoms in total. The van der Waals surface area contributed by atoms with E-state index in [0.29, 0.717) is 5.69 Å². The van der Waals surface area contributed by atoms with Gasteiger partial charge in [-0.1, -0.05) is 0 Å². The van der Waals surface area contributed by atoms with Crippen LogP contribution in [0.4, 0.5) is 0 Å². The van der Waals surface area contributed by atoms with Crippen molar-refractivity contribution in [3.05, 3.63) is 32.6 Å². The molecule has 0 radical (unpaired) electrons. The average Bonchev–Trinajstić information content (AvgIpc) is 2.26.